The molecular weight excluding hydrogens is 452 g/mol. The predicted molar refractivity (Wildman–Crippen MR) is 121 cm³/mol. The van der Waals surface area contributed by atoms with E-state index in [2.05, 4.69) is 46.1 Å². The van der Waals surface area contributed by atoms with Crippen LogP contribution in [0.4, 0.5) is 22.5 Å². The minimum absolute atomic E-state index is 0.295. The second kappa shape index (κ2) is 10.0. The Kier molecular flexibility index (Phi) is 6.72. The van der Waals surface area contributed by atoms with Gasteiger partial charge in [0, 0.05) is 12.3 Å². The monoisotopic (exact) mass is 468 g/mol. The van der Waals surface area contributed by atoms with Crippen molar-refractivity contribution in [3.8, 4) is 0 Å². The molecule has 0 aliphatic rings. The lowest BCUT2D eigenvalue weighted by Gasteiger charge is -2.08. The lowest BCUT2D eigenvalue weighted by atomic mass is 10.2. The Labute approximate surface area is 191 Å². The van der Waals surface area contributed by atoms with Gasteiger partial charge in [-0.05, 0) is 18.6 Å². The summed E-state index contributed by atoms with van der Waals surface area (Å²) in [5, 5.41) is 22.6. The number of aryl methyl sites for hydroxylation is 1. The zero-order valence-corrected chi connectivity index (χ0v) is 18.4. The summed E-state index contributed by atoms with van der Waals surface area (Å²) in [6.45, 7) is 2.88. The van der Waals surface area contributed by atoms with Gasteiger partial charge in [-0.3, -0.25) is 9.48 Å². The van der Waals surface area contributed by atoms with Crippen LogP contribution in [0.1, 0.15) is 15.2 Å². The molecule has 0 bridgehead atoms. The van der Waals surface area contributed by atoms with Crippen molar-refractivity contribution in [2.24, 2.45) is 10.2 Å². The minimum Gasteiger partial charge on any atom is -0.320 e. The van der Waals surface area contributed by atoms with Gasteiger partial charge in [-0.25, -0.2) is 15.0 Å². The Morgan fingerprint density at radius 2 is 2.19 bits per heavy atom. The first-order valence-electron chi connectivity index (χ1n) is 9.41. The topological polar surface area (TPSA) is 135 Å². The average Bonchev–Trinajstić information content (AvgIpc) is 3.46. The number of hydrogen-bond donors (Lipinski definition) is 2. The molecule has 0 aliphatic carbocycles. The van der Waals surface area contributed by atoms with Crippen LogP contribution in [0.5, 0.6) is 0 Å². The molecule has 11 nitrogen and oxygen atoms in total. The van der Waals surface area contributed by atoms with E-state index in [9.17, 15) is 4.79 Å². The number of azo groups is 1. The second-order valence-corrected chi connectivity index (χ2v) is 7.87. The molecule has 0 atom stereocenters. The fraction of sp³-hybridized carbons (Fsp3) is 0.158. The lowest BCUT2D eigenvalue weighted by molar-refractivity contribution is 0.103. The van der Waals surface area contributed by atoms with Crippen molar-refractivity contribution in [3.63, 3.8) is 0 Å². The van der Waals surface area contributed by atoms with Crippen LogP contribution < -0.4 is 10.6 Å². The molecule has 0 fully saturated rings. The quantitative estimate of drug-likeness (QED) is 0.368. The standard InChI is InChI=1S/C19H17ClN10OS/c1-12-3-2-4-13(20)17(12)27-18(31)14-10-21-19(32-14)26-15-9-16(23-11-22-15)28-24-5-7-30-8-6-25-29-30/h2-4,6,8-11H,5,7H2,1H3,(H,27,31)(H,21,22,23,26)/b28-24+. The third-order valence-corrected chi connectivity index (χ3v) is 5.38. The number of halogens is 1. The number of aromatic nitrogens is 6. The van der Waals surface area contributed by atoms with Gasteiger partial charge in [0.15, 0.2) is 10.9 Å². The van der Waals surface area contributed by atoms with Crippen LogP contribution in [0.3, 0.4) is 0 Å². The van der Waals surface area contributed by atoms with Gasteiger partial charge < -0.3 is 10.6 Å². The molecule has 1 aromatic carbocycles. The predicted octanol–water partition coefficient (Wildman–Crippen LogP) is 4.27. The normalized spacial score (nSPS) is 11.1. The Hall–Kier alpha value is -3.77. The van der Waals surface area contributed by atoms with E-state index in [0.29, 0.717) is 45.4 Å². The van der Waals surface area contributed by atoms with Crippen molar-refractivity contribution in [2.75, 3.05) is 17.2 Å². The molecule has 4 rings (SSSR count). The van der Waals surface area contributed by atoms with Crippen LogP contribution in [-0.4, -0.2) is 42.4 Å². The van der Waals surface area contributed by atoms with Crippen molar-refractivity contribution in [1.29, 1.82) is 0 Å². The molecule has 3 aromatic heterocycles. The zero-order valence-electron chi connectivity index (χ0n) is 16.8. The summed E-state index contributed by atoms with van der Waals surface area (Å²) < 4.78 is 1.66. The van der Waals surface area contributed by atoms with Crippen LogP contribution in [-0.2, 0) is 6.54 Å². The zero-order chi connectivity index (χ0) is 22.3. The average molecular weight is 469 g/mol. The van der Waals surface area contributed by atoms with E-state index in [1.165, 1.54) is 23.9 Å². The summed E-state index contributed by atoms with van der Waals surface area (Å²) in [6, 6.07) is 7.06. The summed E-state index contributed by atoms with van der Waals surface area (Å²) in [6.07, 6.45) is 6.21. The van der Waals surface area contributed by atoms with E-state index < -0.39 is 0 Å². The molecule has 1 amide bonds. The lowest BCUT2D eigenvalue weighted by Crippen LogP contribution is -2.11. The molecular formula is C19H17ClN10OS. The number of para-hydroxylation sites is 1. The summed E-state index contributed by atoms with van der Waals surface area (Å²) >= 11 is 7.37. The number of amides is 1. The molecule has 2 N–H and O–H groups in total. The van der Waals surface area contributed by atoms with Crippen molar-refractivity contribution in [2.45, 2.75) is 13.5 Å². The fourth-order valence-corrected chi connectivity index (χ4v) is 3.59. The van der Waals surface area contributed by atoms with Gasteiger partial charge in [-0.2, -0.15) is 5.11 Å². The van der Waals surface area contributed by atoms with Gasteiger partial charge >= 0.3 is 0 Å². The van der Waals surface area contributed by atoms with E-state index in [-0.39, 0.29) is 5.91 Å². The maximum atomic E-state index is 12.6. The first kappa shape index (κ1) is 21.5. The Morgan fingerprint density at radius 1 is 1.28 bits per heavy atom. The molecule has 3 heterocycles. The maximum Gasteiger partial charge on any atom is 0.267 e. The number of anilines is 3. The van der Waals surface area contributed by atoms with Gasteiger partial charge in [0.25, 0.3) is 5.91 Å². The number of benzene rings is 1. The summed E-state index contributed by atoms with van der Waals surface area (Å²) in [4.78, 5) is 25.5. The summed E-state index contributed by atoms with van der Waals surface area (Å²) in [7, 11) is 0. The van der Waals surface area contributed by atoms with E-state index in [4.69, 9.17) is 11.6 Å². The fourth-order valence-electron chi connectivity index (χ4n) is 2.60. The number of carbonyl (C=O) groups is 1. The highest BCUT2D eigenvalue weighted by atomic mass is 35.5. The minimum atomic E-state index is -0.295. The van der Waals surface area contributed by atoms with E-state index in [0.717, 1.165) is 5.56 Å². The van der Waals surface area contributed by atoms with Crippen LogP contribution in [0.25, 0.3) is 0 Å². The molecule has 162 valence electrons. The van der Waals surface area contributed by atoms with Crippen molar-refractivity contribution < 1.29 is 4.79 Å². The number of nitrogens with one attached hydrogen (secondary N) is 2. The number of hydrogen-bond acceptors (Lipinski definition) is 10. The largest absolute Gasteiger partial charge is 0.320 e. The van der Waals surface area contributed by atoms with Crippen LogP contribution in [0.2, 0.25) is 5.02 Å². The van der Waals surface area contributed by atoms with Gasteiger partial charge in [0.1, 0.15) is 17.0 Å². The van der Waals surface area contributed by atoms with Crippen molar-refractivity contribution in [1.82, 2.24) is 29.9 Å². The molecule has 0 unspecified atom stereocenters. The van der Waals surface area contributed by atoms with Crippen LogP contribution in [0.15, 0.2) is 59.4 Å². The van der Waals surface area contributed by atoms with E-state index in [1.807, 2.05) is 19.1 Å². The Balaban J connectivity index is 1.37. The third kappa shape index (κ3) is 5.47. The van der Waals surface area contributed by atoms with E-state index >= 15 is 0 Å². The highest BCUT2D eigenvalue weighted by molar-refractivity contribution is 7.17. The SMILES string of the molecule is Cc1cccc(Cl)c1NC(=O)c1cnc(Nc2cc(/N=N/CCn3ccnn3)ncn2)s1. The molecule has 13 heteroatoms. The van der Waals surface area contributed by atoms with Gasteiger partial charge in [0.05, 0.1) is 36.2 Å². The smallest absolute Gasteiger partial charge is 0.267 e. The summed E-state index contributed by atoms with van der Waals surface area (Å²) in [5.74, 6) is 0.578. The third-order valence-electron chi connectivity index (χ3n) is 4.15. The molecule has 0 radical (unpaired) electrons. The Morgan fingerprint density at radius 3 is 3.00 bits per heavy atom. The van der Waals surface area contributed by atoms with Gasteiger partial charge in [-0.1, -0.05) is 40.3 Å². The van der Waals surface area contributed by atoms with Gasteiger partial charge in [0.2, 0.25) is 0 Å². The highest BCUT2D eigenvalue weighted by Gasteiger charge is 2.14. The first-order chi connectivity index (χ1) is 15.6. The highest BCUT2D eigenvalue weighted by Crippen LogP contribution is 2.28. The first-order valence-corrected chi connectivity index (χ1v) is 10.6. The number of thiazole rings is 1. The molecule has 0 spiro atoms. The molecule has 0 aliphatic heterocycles. The molecule has 4 aromatic rings. The summed E-state index contributed by atoms with van der Waals surface area (Å²) in [5.41, 5.74) is 1.45. The molecule has 32 heavy (non-hydrogen) atoms. The van der Waals surface area contributed by atoms with E-state index in [1.54, 1.807) is 29.2 Å². The second-order valence-electron chi connectivity index (χ2n) is 6.43. The number of rotatable bonds is 8. The van der Waals surface area contributed by atoms with Crippen LogP contribution >= 0.6 is 22.9 Å². The van der Waals surface area contributed by atoms with Crippen molar-refractivity contribution in [3.05, 3.63) is 64.6 Å². The molecule has 0 saturated heterocycles. The number of carbonyl (C=O) groups excluding carboxylic acids is 1. The van der Waals surface area contributed by atoms with Crippen LogP contribution in [0, 0.1) is 6.92 Å². The van der Waals surface area contributed by atoms with Crippen molar-refractivity contribution >= 4 is 51.3 Å². The number of nitrogens with zero attached hydrogens (tertiary/aromatic N) is 8. The maximum absolute atomic E-state index is 12.6. The molecule has 0 saturated carbocycles. The van der Waals surface area contributed by atoms with Gasteiger partial charge in [-0.15, -0.1) is 10.2 Å². The Bertz CT molecular complexity index is 1220.